The average molecular weight is 453 g/mol. The van der Waals surface area contributed by atoms with Crippen molar-refractivity contribution in [2.24, 2.45) is 0 Å². The van der Waals surface area contributed by atoms with Gasteiger partial charge in [-0.05, 0) is 73.4 Å². The summed E-state index contributed by atoms with van der Waals surface area (Å²) in [5.74, 6) is -3.15. The highest BCUT2D eigenvalue weighted by Crippen LogP contribution is 2.36. The van der Waals surface area contributed by atoms with Gasteiger partial charge in [-0.3, -0.25) is 9.59 Å². The van der Waals surface area contributed by atoms with Gasteiger partial charge in [0, 0.05) is 16.8 Å². The van der Waals surface area contributed by atoms with Crippen LogP contribution in [0, 0.1) is 32.4 Å². The minimum Gasteiger partial charge on any atom is -0.350 e. The summed E-state index contributed by atoms with van der Waals surface area (Å²) < 4.78 is 28.4. The lowest BCUT2D eigenvalue weighted by molar-refractivity contribution is -0.120. The first kappa shape index (κ1) is 21.7. The van der Waals surface area contributed by atoms with Crippen molar-refractivity contribution >= 4 is 40.4 Å². The number of carbonyl (C=O) groups excluding carboxylic acids is 2. The Kier molecular flexibility index (Phi) is 5.57. The van der Waals surface area contributed by atoms with Crippen LogP contribution in [0.3, 0.4) is 0 Å². The number of hydrogen-bond acceptors (Lipinski definition) is 3. The lowest BCUT2D eigenvalue weighted by Gasteiger charge is -2.16. The summed E-state index contributed by atoms with van der Waals surface area (Å²) in [6, 6.07) is 13.1. The number of hydrogen-bond donors (Lipinski definition) is 1. The van der Waals surface area contributed by atoms with Crippen LogP contribution >= 0.6 is 11.6 Å². The average Bonchev–Trinajstić information content (AvgIpc) is 2.98. The van der Waals surface area contributed by atoms with Gasteiger partial charge in [-0.15, -0.1) is 0 Å². The summed E-state index contributed by atoms with van der Waals surface area (Å²) in [7, 11) is 0. The van der Waals surface area contributed by atoms with E-state index in [-0.39, 0.29) is 11.3 Å². The van der Waals surface area contributed by atoms with Crippen molar-refractivity contribution in [3.8, 4) is 0 Å². The van der Waals surface area contributed by atoms with Gasteiger partial charge in [0.1, 0.15) is 17.3 Å². The molecule has 0 radical (unpaired) electrons. The van der Waals surface area contributed by atoms with Crippen molar-refractivity contribution < 1.29 is 18.4 Å². The molecule has 32 heavy (non-hydrogen) atoms. The Morgan fingerprint density at radius 1 is 0.812 bits per heavy atom. The van der Waals surface area contributed by atoms with Crippen molar-refractivity contribution in [2.75, 3.05) is 10.2 Å². The molecule has 4 nitrogen and oxygen atoms in total. The zero-order valence-corrected chi connectivity index (χ0v) is 18.3. The summed E-state index contributed by atoms with van der Waals surface area (Å²) in [6.45, 7) is 5.62. The highest BCUT2D eigenvalue weighted by molar-refractivity contribution is 6.46. The molecule has 0 saturated carbocycles. The Labute approximate surface area is 189 Å². The first-order valence-corrected chi connectivity index (χ1v) is 10.2. The van der Waals surface area contributed by atoms with Gasteiger partial charge in [0.25, 0.3) is 11.8 Å². The fourth-order valence-electron chi connectivity index (χ4n) is 3.59. The molecule has 4 rings (SSSR count). The van der Waals surface area contributed by atoms with Gasteiger partial charge in [0.15, 0.2) is 0 Å². The maximum Gasteiger partial charge on any atom is 0.282 e. The lowest BCUT2D eigenvalue weighted by atomic mass is 9.99. The van der Waals surface area contributed by atoms with Crippen molar-refractivity contribution in [3.05, 3.63) is 99.2 Å². The molecule has 162 valence electrons. The zero-order valence-electron chi connectivity index (χ0n) is 17.6. The molecule has 3 aromatic carbocycles. The van der Waals surface area contributed by atoms with Crippen LogP contribution in [0.2, 0.25) is 5.02 Å². The number of carbonyl (C=O) groups is 2. The lowest BCUT2D eigenvalue weighted by Crippen LogP contribution is -2.33. The van der Waals surface area contributed by atoms with E-state index in [9.17, 15) is 18.4 Å². The molecule has 3 aromatic rings. The van der Waals surface area contributed by atoms with E-state index < -0.39 is 29.1 Å². The number of nitrogens with zero attached hydrogens (tertiary/aromatic N) is 1. The van der Waals surface area contributed by atoms with E-state index in [1.807, 2.05) is 19.9 Å². The quantitative estimate of drug-likeness (QED) is 0.498. The van der Waals surface area contributed by atoms with Crippen LogP contribution in [-0.4, -0.2) is 11.8 Å². The largest absolute Gasteiger partial charge is 0.350 e. The van der Waals surface area contributed by atoms with Gasteiger partial charge >= 0.3 is 0 Å². The number of anilines is 2. The van der Waals surface area contributed by atoms with E-state index in [0.29, 0.717) is 21.2 Å². The van der Waals surface area contributed by atoms with Crippen molar-refractivity contribution in [1.82, 2.24) is 0 Å². The van der Waals surface area contributed by atoms with E-state index in [4.69, 9.17) is 11.6 Å². The Hall–Kier alpha value is -3.51. The fourth-order valence-corrected chi connectivity index (χ4v) is 3.82. The monoisotopic (exact) mass is 452 g/mol. The maximum atomic E-state index is 14.5. The first-order valence-electron chi connectivity index (χ1n) is 9.86. The van der Waals surface area contributed by atoms with E-state index in [1.165, 1.54) is 0 Å². The molecule has 7 heteroatoms. The molecule has 0 bridgehead atoms. The molecule has 0 aliphatic carbocycles. The summed E-state index contributed by atoms with van der Waals surface area (Å²) in [6.07, 6.45) is 0. The second kappa shape index (κ2) is 8.20. The summed E-state index contributed by atoms with van der Waals surface area (Å²) in [4.78, 5) is 27.4. The van der Waals surface area contributed by atoms with Crippen LogP contribution in [0.1, 0.15) is 22.3 Å². The first-order chi connectivity index (χ1) is 15.2. The SMILES string of the molecule is Cc1ccc(C2=C(Nc3ccc(Cl)cc3C)C(=O)N(c3cc(F)ccc3F)C2=O)cc1C. The van der Waals surface area contributed by atoms with Crippen LogP contribution in [0.15, 0.2) is 60.3 Å². The molecule has 0 atom stereocenters. The van der Waals surface area contributed by atoms with E-state index in [0.717, 1.165) is 34.9 Å². The van der Waals surface area contributed by atoms with Gasteiger partial charge in [-0.1, -0.05) is 29.8 Å². The Balaban J connectivity index is 1.89. The van der Waals surface area contributed by atoms with Crippen LogP contribution in [0.25, 0.3) is 5.57 Å². The number of rotatable bonds is 4. The minimum absolute atomic E-state index is 0.0210. The van der Waals surface area contributed by atoms with Crippen LogP contribution in [-0.2, 0) is 9.59 Å². The van der Waals surface area contributed by atoms with Gasteiger partial charge in [-0.2, -0.15) is 0 Å². The molecular formula is C25H19ClF2N2O2. The van der Waals surface area contributed by atoms with Gasteiger partial charge in [-0.25, -0.2) is 13.7 Å². The molecular weight excluding hydrogens is 434 g/mol. The second-order valence-corrected chi connectivity index (χ2v) is 8.11. The number of imide groups is 1. The minimum atomic E-state index is -0.878. The third-order valence-corrected chi connectivity index (χ3v) is 5.71. The predicted molar refractivity (Wildman–Crippen MR) is 121 cm³/mol. The molecule has 0 unspecified atom stereocenters. The predicted octanol–water partition coefficient (Wildman–Crippen LogP) is 5.94. The van der Waals surface area contributed by atoms with Crippen molar-refractivity contribution in [3.63, 3.8) is 0 Å². The Morgan fingerprint density at radius 2 is 1.56 bits per heavy atom. The topological polar surface area (TPSA) is 49.4 Å². The molecule has 1 aliphatic rings. The number of aryl methyl sites for hydroxylation is 3. The summed E-state index contributed by atoms with van der Waals surface area (Å²) >= 11 is 6.03. The Bertz CT molecular complexity index is 1320. The van der Waals surface area contributed by atoms with Gasteiger partial charge in [0.2, 0.25) is 0 Å². The molecule has 0 aromatic heterocycles. The summed E-state index contributed by atoms with van der Waals surface area (Å²) in [5, 5.41) is 3.55. The molecule has 2 amide bonds. The fraction of sp³-hybridized carbons (Fsp3) is 0.120. The van der Waals surface area contributed by atoms with Crippen LogP contribution < -0.4 is 10.2 Å². The van der Waals surface area contributed by atoms with Crippen LogP contribution in [0.4, 0.5) is 20.2 Å². The molecule has 1 N–H and O–H groups in total. The maximum absolute atomic E-state index is 14.5. The third kappa shape index (κ3) is 3.78. The van der Waals surface area contributed by atoms with E-state index in [1.54, 1.807) is 37.3 Å². The van der Waals surface area contributed by atoms with E-state index >= 15 is 0 Å². The molecule has 0 fully saturated rings. The molecule has 1 aliphatic heterocycles. The van der Waals surface area contributed by atoms with Gasteiger partial charge < -0.3 is 5.32 Å². The zero-order chi connectivity index (χ0) is 23.2. The highest BCUT2D eigenvalue weighted by Gasteiger charge is 2.41. The van der Waals surface area contributed by atoms with Crippen molar-refractivity contribution in [1.29, 1.82) is 0 Å². The molecule has 0 spiro atoms. The Morgan fingerprint density at radius 3 is 2.25 bits per heavy atom. The molecule has 0 saturated heterocycles. The van der Waals surface area contributed by atoms with Gasteiger partial charge in [0.05, 0.1) is 11.3 Å². The standard InChI is InChI=1S/C25H19ClF2N2O2/c1-13-4-5-16(10-14(13)2)22-23(29-20-9-6-17(26)11-15(20)3)25(32)30(24(22)31)21-12-18(27)7-8-19(21)28/h4-12,29H,1-3H3. The van der Waals surface area contributed by atoms with Crippen molar-refractivity contribution in [2.45, 2.75) is 20.8 Å². The highest BCUT2D eigenvalue weighted by atomic mass is 35.5. The molecule has 1 heterocycles. The number of halogens is 3. The summed E-state index contributed by atoms with van der Waals surface area (Å²) in [5.41, 5.74) is 3.37. The number of amides is 2. The second-order valence-electron chi connectivity index (χ2n) is 7.67. The van der Waals surface area contributed by atoms with E-state index in [2.05, 4.69) is 5.32 Å². The normalized spacial score (nSPS) is 13.9. The third-order valence-electron chi connectivity index (χ3n) is 5.48. The number of nitrogens with one attached hydrogen (secondary N) is 1. The van der Waals surface area contributed by atoms with Crippen LogP contribution in [0.5, 0.6) is 0 Å². The smallest absolute Gasteiger partial charge is 0.282 e. The number of benzene rings is 3.